The van der Waals surface area contributed by atoms with E-state index < -0.39 is 0 Å². The zero-order valence-electron chi connectivity index (χ0n) is 14.3. The number of hydrogen-bond acceptors (Lipinski definition) is 3. The van der Waals surface area contributed by atoms with E-state index in [9.17, 15) is 0 Å². The number of fused-ring (bicyclic) bond motifs is 1. The Morgan fingerprint density at radius 3 is 3.04 bits per heavy atom. The van der Waals surface area contributed by atoms with Gasteiger partial charge in [0, 0.05) is 41.3 Å². The zero-order chi connectivity index (χ0) is 16.5. The van der Waals surface area contributed by atoms with Crippen molar-refractivity contribution < 1.29 is 4.74 Å². The molecule has 0 bridgehead atoms. The van der Waals surface area contributed by atoms with Gasteiger partial charge in [-0.05, 0) is 56.1 Å². The van der Waals surface area contributed by atoms with Crippen LogP contribution in [0.1, 0.15) is 35.7 Å². The molecule has 2 aromatic heterocycles. The number of likely N-dealkylation sites (tertiary alicyclic amines) is 1. The molecule has 0 saturated carbocycles. The van der Waals surface area contributed by atoms with E-state index in [0.29, 0.717) is 5.92 Å². The van der Waals surface area contributed by atoms with E-state index in [-0.39, 0.29) is 0 Å². The zero-order valence-corrected chi connectivity index (χ0v) is 14.3. The highest BCUT2D eigenvalue weighted by Crippen LogP contribution is 2.29. The van der Waals surface area contributed by atoms with Crippen LogP contribution in [0.25, 0.3) is 10.9 Å². The number of ether oxygens (including phenoxy) is 1. The molecule has 126 valence electrons. The lowest BCUT2D eigenvalue weighted by atomic mass is 9.93. The summed E-state index contributed by atoms with van der Waals surface area (Å²) in [7, 11) is 1.71. The number of H-pyrrole nitrogens is 2. The van der Waals surface area contributed by atoms with Gasteiger partial charge in [0.25, 0.3) is 0 Å². The van der Waals surface area contributed by atoms with Crippen molar-refractivity contribution in [3.8, 4) is 5.75 Å². The molecular formula is C19H24N4O. The second-order valence-corrected chi connectivity index (χ2v) is 6.79. The molecule has 5 heteroatoms. The fraction of sp³-hybridized carbons (Fsp3) is 0.421. The van der Waals surface area contributed by atoms with Crippen molar-refractivity contribution in [2.75, 3.05) is 20.2 Å². The monoisotopic (exact) mass is 324 g/mol. The van der Waals surface area contributed by atoms with Crippen LogP contribution in [0.4, 0.5) is 0 Å². The minimum atomic E-state index is 0.561. The van der Waals surface area contributed by atoms with E-state index in [0.717, 1.165) is 25.4 Å². The Morgan fingerprint density at radius 1 is 1.33 bits per heavy atom. The SMILES string of the molecule is COc1ccc2[nH]c(CN3CCC[C@H](c4[nH]ncc4C)C3)cc2c1. The summed E-state index contributed by atoms with van der Waals surface area (Å²) in [5, 5.41) is 8.60. The molecule has 3 aromatic rings. The molecule has 1 aliphatic rings. The molecule has 0 spiro atoms. The first-order chi connectivity index (χ1) is 11.7. The van der Waals surface area contributed by atoms with E-state index in [1.807, 2.05) is 12.3 Å². The number of aryl methyl sites for hydroxylation is 1. The minimum Gasteiger partial charge on any atom is -0.497 e. The topological polar surface area (TPSA) is 56.9 Å². The second-order valence-electron chi connectivity index (χ2n) is 6.79. The number of benzene rings is 1. The summed E-state index contributed by atoms with van der Waals surface area (Å²) in [6, 6.07) is 8.41. The summed E-state index contributed by atoms with van der Waals surface area (Å²) in [5.41, 5.74) is 5.02. The van der Waals surface area contributed by atoms with Crippen LogP contribution in [0.3, 0.4) is 0 Å². The number of methoxy groups -OCH3 is 1. The highest BCUT2D eigenvalue weighted by molar-refractivity contribution is 5.81. The van der Waals surface area contributed by atoms with Crippen LogP contribution in [-0.4, -0.2) is 40.3 Å². The Morgan fingerprint density at radius 2 is 2.25 bits per heavy atom. The fourth-order valence-electron chi connectivity index (χ4n) is 3.83. The largest absolute Gasteiger partial charge is 0.497 e. The van der Waals surface area contributed by atoms with Gasteiger partial charge in [0.05, 0.1) is 13.3 Å². The molecule has 1 aromatic carbocycles. The lowest BCUT2D eigenvalue weighted by Crippen LogP contribution is -2.34. The van der Waals surface area contributed by atoms with Gasteiger partial charge in [-0.25, -0.2) is 0 Å². The lowest BCUT2D eigenvalue weighted by molar-refractivity contribution is 0.196. The molecular weight excluding hydrogens is 300 g/mol. The number of piperidine rings is 1. The van der Waals surface area contributed by atoms with Gasteiger partial charge in [-0.3, -0.25) is 10.00 Å². The van der Waals surface area contributed by atoms with Gasteiger partial charge in [0.2, 0.25) is 0 Å². The molecule has 2 N–H and O–H groups in total. The van der Waals surface area contributed by atoms with Crippen molar-refractivity contribution in [2.45, 2.75) is 32.2 Å². The second kappa shape index (κ2) is 6.32. The first-order valence-corrected chi connectivity index (χ1v) is 8.61. The van der Waals surface area contributed by atoms with Crippen molar-refractivity contribution in [1.29, 1.82) is 0 Å². The van der Waals surface area contributed by atoms with Gasteiger partial charge in [-0.15, -0.1) is 0 Å². The van der Waals surface area contributed by atoms with Gasteiger partial charge in [0.15, 0.2) is 0 Å². The first-order valence-electron chi connectivity index (χ1n) is 8.61. The van der Waals surface area contributed by atoms with Crippen molar-refractivity contribution in [1.82, 2.24) is 20.1 Å². The number of aromatic nitrogens is 3. The van der Waals surface area contributed by atoms with Gasteiger partial charge in [0.1, 0.15) is 5.75 Å². The van der Waals surface area contributed by atoms with E-state index in [4.69, 9.17) is 4.74 Å². The molecule has 3 heterocycles. The summed E-state index contributed by atoms with van der Waals surface area (Å²) in [4.78, 5) is 6.08. The molecule has 0 radical (unpaired) electrons. The van der Waals surface area contributed by atoms with Gasteiger partial charge >= 0.3 is 0 Å². The van der Waals surface area contributed by atoms with Gasteiger partial charge in [-0.2, -0.15) is 5.10 Å². The Labute approximate surface area is 142 Å². The molecule has 1 saturated heterocycles. The smallest absolute Gasteiger partial charge is 0.119 e. The molecule has 1 atom stereocenters. The Balaban J connectivity index is 1.49. The summed E-state index contributed by atoms with van der Waals surface area (Å²) in [5.74, 6) is 1.46. The number of rotatable bonds is 4. The third-order valence-corrected chi connectivity index (χ3v) is 5.06. The van der Waals surface area contributed by atoms with Crippen LogP contribution in [0, 0.1) is 6.92 Å². The Hall–Kier alpha value is -2.27. The molecule has 4 rings (SSSR count). The van der Waals surface area contributed by atoms with Crippen molar-refractivity contribution >= 4 is 10.9 Å². The van der Waals surface area contributed by atoms with Crippen molar-refractivity contribution in [2.24, 2.45) is 0 Å². The molecule has 5 nitrogen and oxygen atoms in total. The predicted octanol–water partition coefficient (Wildman–Crippen LogP) is 3.59. The number of aromatic amines is 2. The molecule has 24 heavy (non-hydrogen) atoms. The van der Waals surface area contributed by atoms with E-state index in [1.165, 1.54) is 40.7 Å². The average molecular weight is 324 g/mol. The van der Waals surface area contributed by atoms with Crippen LogP contribution in [0.2, 0.25) is 0 Å². The summed E-state index contributed by atoms with van der Waals surface area (Å²) >= 11 is 0. The summed E-state index contributed by atoms with van der Waals surface area (Å²) < 4.78 is 5.31. The molecule has 0 amide bonds. The maximum absolute atomic E-state index is 5.31. The van der Waals surface area contributed by atoms with Crippen molar-refractivity contribution in [3.63, 3.8) is 0 Å². The van der Waals surface area contributed by atoms with Crippen LogP contribution < -0.4 is 4.74 Å². The minimum absolute atomic E-state index is 0.561. The third-order valence-electron chi connectivity index (χ3n) is 5.06. The average Bonchev–Trinajstić information content (AvgIpc) is 3.19. The normalized spacial score (nSPS) is 19.0. The van der Waals surface area contributed by atoms with Crippen LogP contribution in [0.5, 0.6) is 5.75 Å². The quantitative estimate of drug-likeness (QED) is 0.771. The maximum atomic E-state index is 5.31. The molecule has 0 unspecified atom stereocenters. The van der Waals surface area contributed by atoms with E-state index in [1.54, 1.807) is 7.11 Å². The number of hydrogen-bond donors (Lipinski definition) is 2. The molecule has 1 aliphatic heterocycles. The van der Waals surface area contributed by atoms with Gasteiger partial charge < -0.3 is 9.72 Å². The number of nitrogens with one attached hydrogen (secondary N) is 2. The highest BCUT2D eigenvalue weighted by atomic mass is 16.5. The van der Waals surface area contributed by atoms with Crippen molar-refractivity contribution in [3.05, 3.63) is 47.4 Å². The fourth-order valence-corrected chi connectivity index (χ4v) is 3.83. The highest BCUT2D eigenvalue weighted by Gasteiger charge is 2.24. The van der Waals surface area contributed by atoms with Gasteiger partial charge in [-0.1, -0.05) is 0 Å². The Kier molecular flexibility index (Phi) is 4.02. The lowest BCUT2D eigenvalue weighted by Gasteiger charge is -2.32. The maximum Gasteiger partial charge on any atom is 0.119 e. The van der Waals surface area contributed by atoms with Crippen LogP contribution in [-0.2, 0) is 6.54 Å². The molecule has 1 fully saturated rings. The van der Waals surface area contributed by atoms with Crippen LogP contribution >= 0.6 is 0 Å². The molecule has 0 aliphatic carbocycles. The third kappa shape index (κ3) is 2.91. The van der Waals surface area contributed by atoms with E-state index >= 15 is 0 Å². The van der Waals surface area contributed by atoms with E-state index in [2.05, 4.69) is 45.2 Å². The van der Waals surface area contributed by atoms with Crippen LogP contribution in [0.15, 0.2) is 30.5 Å². The first kappa shape index (κ1) is 15.3. The standard InChI is InChI=1S/C19H24N4O/c1-13-10-20-22-19(13)14-4-3-7-23(11-14)12-16-8-15-9-17(24-2)5-6-18(15)21-16/h5-6,8-10,14,21H,3-4,7,11-12H2,1-2H3,(H,20,22)/t14-/m0/s1. The Bertz CT molecular complexity index is 835. The number of nitrogens with zero attached hydrogens (tertiary/aromatic N) is 2. The predicted molar refractivity (Wildman–Crippen MR) is 95.4 cm³/mol. The summed E-state index contributed by atoms with van der Waals surface area (Å²) in [6.45, 7) is 5.34. The summed E-state index contributed by atoms with van der Waals surface area (Å²) in [6.07, 6.45) is 4.40.